The molecule has 0 aromatic rings. The number of carbonyl (C=O) groups excluding carboxylic acids is 2. The Morgan fingerprint density at radius 2 is 1.77 bits per heavy atom. The second-order valence-electron chi connectivity index (χ2n) is 4.27. The molecule has 0 saturated heterocycles. The Balaban J connectivity index is 4.15. The van der Waals surface area contributed by atoms with Crippen LogP contribution in [0, 0.1) is 5.41 Å². The molecule has 0 spiro atoms. The maximum atomic E-state index is 11.4. The topological polar surface area (TPSA) is 46.2 Å². The molecule has 0 aliphatic rings. The summed E-state index contributed by atoms with van der Waals surface area (Å²) in [7, 11) is 0. The van der Waals surface area contributed by atoms with E-state index in [-0.39, 0.29) is 17.7 Å². The molecule has 0 rings (SSSR count). The zero-order valence-corrected chi connectivity index (χ0v) is 9.10. The highest BCUT2D eigenvalue weighted by atomic mass is 16.2. The number of rotatable bonds is 3. The fraction of sp³-hybridized carbons (Fsp3) is 0.800. The summed E-state index contributed by atoms with van der Waals surface area (Å²) in [6.07, 6.45) is 0.464. The SMILES string of the molecule is CCC(=O)[C@H](C)NC(=O)C(C)(C)C. The van der Waals surface area contributed by atoms with Gasteiger partial charge < -0.3 is 5.32 Å². The molecule has 1 amide bonds. The molecule has 0 radical (unpaired) electrons. The van der Waals surface area contributed by atoms with E-state index in [1.54, 1.807) is 13.8 Å². The van der Waals surface area contributed by atoms with Crippen LogP contribution in [0.15, 0.2) is 0 Å². The lowest BCUT2D eigenvalue weighted by molar-refractivity contribution is -0.132. The number of amides is 1. The van der Waals surface area contributed by atoms with Crippen molar-refractivity contribution >= 4 is 11.7 Å². The molecule has 0 bridgehead atoms. The number of ketones is 1. The third kappa shape index (κ3) is 4.06. The molecule has 0 saturated carbocycles. The van der Waals surface area contributed by atoms with Crippen LogP contribution < -0.4 is 5.32 Å². The molecular formula is C10H19NO2. The largest absolute Gasteiger partial charge is 0.346 e. The normalized spacial score (nSPS) is 13.6. The van der Waals surface area contributed by atoms with Gasteiger partial charge in [0.15, 0.2) is 5.78 Å². The fourth-order valence-electron chi connectivity index (χ4n) is 0.800. The second kappa shape index (κ2) is 4.40. The molecule has 13 heavy (non-hydrogen) atoms. The first-order valence-electron chi connectivity index (χ1n) is 4.62. The van der Waals surface area contributed by atoms with Crippen LogP contribution in [0.2, 0.25) is 0 Å². The molecule has 0 aliphatic heterocycles. The molecule has 0 heterocycles. The quantitative estimate of drug-likeness (QED) is 0.724. The van der Waals surface area contributed by atoms with E-state index >= 15 is 0 Å². The molecular weight excluding hydrogens is 166 g/mol. The predicted molar refractivity (Wildman–Crippen MR) is 52.4 cm³/mol. The minimum atomic E-state index is -0.428. The van der Waals surface area contributed by atoms with Gasteiger partial charge in [-0.25, -0.2) is 0 Å². The molecule has 0 aromatic carbocycles. The van der Waals surface area contributed by atoms with E-state index in [4.69, 9.17) is 0 Å². The van der Waals surface area contributed by atoms with Gasteiger partial charge in [0.2, 0.25) is 5.91 Å². The Labute approximate surface area is 79.9 Å². The van der Waals surface area contributed by atoms with Crippen LogP contribution in [0.25, 0.3) is 0 Å². The van der Waals surface area contributed by atoms with Gasteiger partial charge in [0.05, 0.1) is 6.04 Å². The summed E-state index contributed by atoms with van der Waals surface area (Å²) >= 11 is 0. The maximum absolute atomic E-state index is 11.4. The average molecular weight is 185 g/mol. The summed E-state index contributed by atoms with van der Waals surface area (Å²) in [5.74, 6) is -0.0144. The average Bonchev–Trinajstić information content (AvgIpc) is 2.01. The van der Waals surface area contributed by atoms with Crippen molar-refractivity contribution in [1.82, 2.24) is 5.32 Å². The minimum Gasteiger partial charge on any atom is -0.346 e. The molecule has 3 heteroatoms. The van der Waals surface area contributed by atoms with Gasteiger partial charge >= 0.3 is 0 Å². The van der Waals surface area contributed by atoms with E-state index in [1.165, 1.54) is 0 Å². The van der Waals surface area contributed by atoms with Crippen molar-refractivity contribution in [3.63, 3.8) is 0 Å². The van der Waals surface area contributed by atoms with Crippen molar-refractivity contribution in [1.29, 1.82) is 0 Å². The van der Waals surface area contributed by atoms with Crippen molar-refractivity contribution in [2.24, 2.45) is 5.41 Å². The van der Waals surface area contributed by atoms with Crippen molar-refractivity contribution in [3.8, 4) is 0 Å². The Morgan fingerprint density at radius 1 is 1.31 bits per heavy atom. The summed E-state index contributed by atoms with van der Waals surface area (Å²) in [4.78, 5) is 22.6. The first kappa shape index (κ1) is 12.1. The minimum absolute atomic E-state index is 0.0672. The monoisotopic (exact) mass is 185 g/mol. The van der Waals surface area contributed by atoms with Crippen molar-refractivity contribution in [2.75, 3.05) is 0 Å². The molecule has 1 N–H and O–H groups in total. The van der Waals surface area contributed by atoms with Crippen LogP contribution in [0.1, 0.15) is 41.0 Å². The maximum Gasteiger partial charge on any atom is 0.225 e. The lowest BCUT2D eigenvalue weighted by atomic mass is 9.95. The number of hydrogen-bond donors (Lipinski definition) is 1. The first-order chi connectivity index (χ1) is 5.79. The standard InChI is InChI=1S/C10H19NO2/c1-6-8(12)7(2)11-9(13)10(3,4)5/h7H,6H2,1-5H3,(H,11,13)/t7-/m0/s1. The smallest absolute Gasteiger partial charge is 0.225 e. The van der Waals surface area contributed by atoms with E-state index in [9.17, 15) is 9.59 Å². The molecule has 0 unspecified atom stereocenters. The molecule has 0 aliphatic carbocycles. The third-order valence-electron chi connectivity index (χ3n) is 1.86. The van der Waals surface area contributed by atoms with E-state index in [0.29, 0.717) is 6.42 Å². The second-order valence-corrected chi connectivity index (χ2v) is 4.27. The molecule has 0 fully saturated rings. The van der Waals surface area contributed by atoms with Crippen LogP contribution in [0.4, 0.5) is 0 Å². The Hall–Kier alpha value is -0.860. The zero-order valence-electron chi connectivity index (χ0n) is 9.10. The van der Waals surface area contributed by atoms with Gasteiger partial charge in [0.25, 0.3) is 0 Å². The number of carbonyl (C=O) groups is 2. The lowest BCUT2D eigenvalue weighted by Crippen LogP contribution is -2.43. The van der Waals surface area contributed by atoms with Gasteiger partial charge in [-0.3, -0.25) is 9.59 Å². The van der Waals surface area contributed by atoms with Crippen LogP contribution >= 0.6 is 0 Å². The molecule has 1 atom stereocenters. The van der Waals surface area contributed by atoms with Gasteiger partial charge in [0.1, 0.15) is 0 Å². The highest BCUT2D eigenvalue weighted by Gasteiger charge is 2.24. The first-order valence-corrected chi connectivity index (χ1v) is 4.62. The van der Waals surface area contributed by atoms with Gasteiger partial charge in [-0.05, 0) is 6.92 Å². The fourth-order valence-corrected chi connectivity index (χ4v) is 0.800. The van der Waals surface area contributed by atoms with Gasteiger partial charge in [0, 0.05) is 11.8 Å². The Morgan fingerprint density at radius 3 is 2.08 bits per heavy atom. The number of hydrogen-bond acceptors (Lipinski definition) is 2. The predicted octanol–water partition coefficient (Wildman–Crippen LogP) is 1.52. The Bertz CT molecular complexity index is 203. The van der Waals surface area contributed by atoms with Crippen molar-refractivity contribution in [2.45, 2.75) is 47.1 Å². The van der Waals surface area contributed by atoms with Gasteiger partial charge in [-0.2, -0.15) is 0 Å². The van der Waals surface area contributed by atoms with E-state index < -0.39 is 5.41 Å². The number of nitrogens with one attached hydrogen (secondary N) is 1. The van der Waals surface area contributed by atoms with Crippen LogP contribution in [-0.2, 0) is 9.59 Å². The van der Waals surface area contributed by atoms with E-state index in [0.717, 1.165) is 0 Å². The summed E-state index contributed by atoms with van der Waals surface area (Å²) < 4.78 is 0. The van der Waals surface area contributed by atoms with E-state index in [2.05, 4.69) is 5.32 Å². The van der Waals surface area contributed by atoms with Crippen molar-refractivity contribution < 1.29 is 9.59 Å². The van der Waals surface area contributed by atoms with Gasteiger partial charge in [-0.15, -0.1) is 0 Å². The highest BCUT2D eigenvalue weighted by Crippen LogP contribution is 2.12. The van der Waals surface area contributed by atoms with Crippen LogP contribution in [0.3, 0.4) is 0 Å². The number of Topliss-reactive ketones (excluding diaryl/α,β-unsaturated/α-hetero) is 1. The third-order valence-corrected chi connectivity index (χ3v) is 1.86. The van der Waals surface area contributed by atoms with Gasteiger partial charge in [-0.1, -0.05) is 27.7 Å². The summed E-state index contributed by atoms with van der Waals surface area (Å²) in [6, 6.07) is -0.364. The zero-order chi connectivity index (χ0) is 10.6. The summed E-state index contributed by atoms with van der Waals surface area (Å²) in [5.41, 5.74) is -0.428. The van der Waals surface area contributed by atoms with Crippen LogP contribution in [0.5, 0.6) is 0 Å². The summed E-state index contributed by atoms with van der Waals surface area (Å²) in [5, 5.41) is 2.68. The highest BCUT2D eigenvalue weighted by molar-refractivity contribution is 5.90. The van der Waals surface area contributed by atoms with Crippen LogP contribution in [-0.4, -0.2) is 17.7 Å². The molecule has 76 valence electrons. The molecule has 0 aromatic heterocycles. The summed E-state index contributed by atoms with van der Waals surface area (Å²) in [6.45, 7) is 8.99. The van der Waals surface area contributed by atoms with E-state index in [1.807, 2.05) is 20.8 Å². The van der Waals surface area contributed by atoms with Crippen molar-refractivity contribution in [3.05, 3.63) is 0 Å². The lowest BCUT2D eigenvalue weighted by Gasteiger charge is -2.20. The molecule has 3 nitrogen and oxygen atoms in total. The Kier molecular flexibility index (Phi) is 4.11.